The van der Waals surface area contributed by atoms with Crippen LogP contribution in [-0.4, -0.2) is 109 Å². The zero-order valence-corrected chi connectivity index (χ0v) is 37.8. The van der Waals surface area contributed by atoms with Crippen molar-refractivity contribution in [3.63, 3.8) is 0 Å². The maximum Gasteiger partial charge on any atom is 0.274 e. The van der Waals surface area contributed by atoms with Gasteiger partial charge >= 0.3 is 0 Å². The number of phosphoric ester groups is 3. The Morgan fingerprint density at radius 2 is 1.54 bits per heavy atom. The molecule has 3 heterocycles. The van der Waals surface area contributed by atoms with Gasteiger partial charge in [-0.15, -0.1) is 0 Å². The number of carboxylic acids is 1. The molecule has 0 aromatic carbocycles. The van der Waals surface area contributed by atoms with Gasteiger partial charge in [0.05, 0.1) is 27.4 Å². The number of nitrogens with two attached hydrogens (primary N) is 1. The van der Waals surface area contributed by atoms with Crippen molar-refractivity contribution < 1.29 is 90.4 Å². The number of nitrogens with one attached hydrogen (secondary N) is 2. The highest BCUT2D eigenvalue weighted by Crippen LogP contribution is 2.56. The number of rotatable bonds is 30. The van der Waals surface area contributed by atoms with Crippen LogP contribution >= 0.6 is 35.2 Å². The van der Waals surface area contributed by atoms with Gasteiger partial charge in [0, 0.05) is 43.1 Å². The lowest BCUT2D eigenvalue weighted by Gasteiger charge is -2.36. The van der Waals surface area contributed by atoms with Crippen LogP contribution in [0.25, 0.3) is 11.2 Å². The lowest BCUT2D eigenvalue weighted by atomic mass is 9.87. The molecule has 358 valence electrons. The van der Waals surface area contributed by atoms with E-state index in [1.165, 1.54) is 13.8 Å². The van der Waals surface area contributed by atoms with E-state index >= 15 is 0 Å². The minimum Gasteiger partial charge on any atom is -0.790 e. The largest absolute Gasteiger partial charge is 0.790 e. The average Bonchev–Trinajstić information content (AvgIpc) is 3.75. The summed E-state index contributed by atoms with van der Waals surface area (Å²) in [7, 11) is -17.6. The van der Waals surface area contributed by atoms with Crippen LogP contribution in [0.3, 0.4) is 0 Å². The molecule has 2 aromatic heterocycles. The number of anilines is 1. The Kier molecular flexibility index (Phi) is 21.6. The molecular weight excluding hydrogens is 923 g/mol. The van der Waals surface area contributed by atoms with Gasteiger partial charge in [-0.25, -0.2) is 19.3 Å². The van der Waals surface area contributed by atoms with Crippen LogP contribution in [0.1, 0.15) is 90.7 Å². The van der Waals surface area contributed by atoms with E-state index in [9.17, 15) is 67.8 Å². The first-order chi connectivity index (χ1) is 29.4. The van der Waals surface area contributed by atoms with Gasteiger partial charge in [0.2, 0.25) is 11.8 Å². The third-order valence-electron chi connectivity index (χ3n) is 9.25. The van der Waals surface area contributed by atoms with Gasteiger partial charge in [0.1, 0.15) is 36.3 Å². The molecule has 7 atom stereocenters. The van der Waals surface area contributed by atoms with E-state index in [-0.39, 0.29) is 48.0 Å². The van der Waals surface area contributed by atoms with Crippen molar-refractivity contribution in [3.05, 3.63) is 12.7 Å². The summed E-state index contributed by atoms with van der Waals surface area (Å²) in [4.78, 5) is 107. The number of nitrogens with zero attached hydrogens (tertiary/aromatic N) is 4. The highest BCUT2D eigenvalue weighted by atomic mass is 32.2. The lowest BCUT2D eigenvalue weighted by Crippen LogP contribution is -2.46. The van der Waals surface area contributed by atoms with Crippen LogP contribution in [-0.2, 0) is 55.5 Å². The smallest absolute Gasteiger partial charge is 0.274 e. The SMILES string of the molecule is CC(C)(COP(=O)([O-])OP(=O)([O-])OC[C@H]1O[C@@H](n2cnc3c(N)ncnc32)[C@H](O)[C@@H]1OP(=O)([O-])[O-])[C@@H](O)C(=O)NCCC(=O)NCCSC(=O)CCCCCCCCCCC(=O)[O-]. The number of aliphatic hydroxyl groups excluding tert-OH is 2. The summed E-state index contributed by atoms with van der Waals surface area (Å²) in [5.74, 6) is -2.27. The molecule has 0 bridgehead atoms. The molecule has 2 amide bonds. The molecule has 0 radical (unpaired) electrons. The number of aromatic nitrogens is 4. The maximum absolute atomic E-state index is 12.6. The molecule has 1 aliphatic heterocycles. The molecule has 0 spiro atoms. The topological polar surface area (TPSA) is 415 Å². The first kappa shape index (κ1) is 54.4. The number of hydrogen-bond donors (Lipinski definition) is 5. The zero-order valence-electron chi connectivity index (χ0n) is 34.3. The van der Waals surface area contributed by atoms with E-state index < -0.39 is 90.5 Å². The second-order valence-corrected chi connectivity index (χ2v) is 20.1. The van der Waals surface area contributed by atoms with Crippen molar-refractivity contribution in [1.29, 1.82) is 0 Å². The first-order valence-electron chi connectivity index (χ1n) is 19.6. The molecule has 6 N–H and O–H groups in total. The molecular formula is C33H51N7O19P3S-5. The monoisotopic (exact) mass is 974 g/mol. The number of nitrogen functional groups attached to an aromatic ring is 1. The Balaban J connectivity index is 1.36. The standard InChI is InChI=1S/C33H56N7O19P3S/c1-33(2,28(46)31(47)36-14-13-22(41)35-15-16-63-24(44)12-10-8-6-4-3-5-7-9-11-23(42)43)18-56-62(53,54)59-61(51,52)55-17-21-27(58-60(48,49)50)26(45)32(57-21)40-20-39-25-29(34)37-19-38-30(25)40/h19-21,26-28,32,45-46H,3-18H2,1-2H3,(H,35,41)(H,36,47)(H,42,43)(H,51,52)(H,53,54)(H2,34,37,38)(H2,48,49,50)/p-5/t21-,26-,27-,28+,32-/m1/s1. The highest BCUT2D eigenvalue weighted by Gasteiger charge is 2.47. The fraction of sp³-hybridized carbons (Fsp3) is 0.727. The average molecular weight is 975 g/mol. The Hall–Kier alpha value is -2.97. The Bertz CT molecular complexity index is 1990. The third-order valence-corrected chi connectivity index (χ3v) is 13.2. The molecule has 26 nitrogen and oxygen atoms in total. The minimum absolute atomic E-state index is 0.00726. The van der Waals surface area contributed by atoms with Crippen molar-refractivity contribution in [2.45, 2.75) is 115 Å². The van der Waals surface area contributed by atoms with Crippen molar-refractivity contribution in [2.24, 2.45) is 5.41 Å². The Labute approximate surface area is 365 Å². The van der Waals surface area contributed by atoms with Crippen LogP contribution in [0, 0.1) is 5.41 Å². The van der Waals surface area contributed by atoms with Crippen LogP contribution in [0.2, 0.25) is 0 Å². The molecule has 0 aliphatic carbocycles. The van der Waals surface area contributed by atoms with Crippen LogP contribution in [0.5, 0.6) is 0 Å². The van der Waals surface area contributed by atoms with E-state index in [1.54, 1.807) is 0 Å². The van der Waals surface area contributed by atoms with E-state index in [2.05, 4.69) is 43.5 Å². The third kappa shape index (κ3) is 19.2. The van der Waals surface area contributed by atoms with E-state index in [4.69, 9.17) is 10.5 Å². The van der Waals surface area contributed by atoms with Gasteiger partial charge in [-0.2, -0.15) is 0 Å². The Morgan fingerprint density at radius 1 is 0.921 bits per heavy atom. The molecule has 0 saturated carbocycles. The number of fused-ring (bicyclic) bond motifs is 1. The molecule has 63 heavy (non-hydrogen) atoms. The molecule has 30 heteroatoms. The molecule has 2 unspecified atom stereocenters. The van der Waals surface area contributed by atoms with Crippen LogP contribution in [0.15, 0.2) is 12.7 Å². The van der Waals surface area contributed by atoms with Gasteiger partial charge in [-0.05, 0) is 19.3 Å². The quantitative estimate of drug-likeness (QED) is 0.0409. The van der Waals surface area contributed by atoms with Crippen molar-refractivity contribution in [1.82, 2.24) is 30.2 Å². The predicted octanol–water partition coefficient (Wildman–Crippen LogP) is -2.21. The number of hydrogen-bond acceptors (Lipinski definition) is 24. The second kappa shape index (κ2) is 25.1. The number of carbonyl (C=O) groups is 4. The van der Waals surface area contributed by atoms with Gasteiger partial charge in [0.15, 0.2) is 22.8 Å². The van der Waals surface area contributed by atoms with E-state index in [0.29, 0.717) is 18.6 Å². The number of amides is 2. The van der Waals surface area contributed by atoms with Gasteiger partial charge in [-0.3, -0.25) is 28.1 Å². The number of carboxylic acid groups (broad SMARTS) is 1. The summed E-state index contributed by atoms with van der Waals surface area (Å²) in [6.45, 7) is 0.0478. The normalized spacial score (nSPS) is 20.5. The van der Waals surface area contributed by atoms with Crippen LogP contribution < -0.4 is 41.0 Å². The van der Waals surface area contributed by atoms with Crippen LogP contribution in [0.4, 0.5) is 5.82 Å². The van der Waals surface area contributed by atoms with Gasteiger partial charge < -0.3 is 78.9 Å². The summed E-state index contributed by atoms with van der Waals surface area (Å²) in [5.41, 5.74) is 4.05. The second-order valence-electron chi connectivity index (χ2n) is 14.9. The number of unbranched alkanes of at least 4 members (excludes halogenated alkanes) is 7. The number of thioether (sulfide) groups is 1. The lowest BCUT2D eigenvalue weighted by molar-refractivity contribution is -0.347. The molecule has 2 aromatic rings. The summed E-state index contributed by atoms with van der Waals surface area (Å²) in [6, 6.07) is 0. The Morgan fingerprint density at radius 3 is 2.17 bits per heavy atom. The first-order valence-corrected chi connectivity index (χ1v) is 25.0. The molecule has 1 fully saturated rings. The zero-order chi connectivity index (χ0) is 47.0. The van der Waals surface area contributed by atoms with Crippen molar-refractivity contribution in [2.75, 3.05) is 37.8 Å². The number of imidazole rings is 1. The fourth-order valence-electron chi connectivity index (χ4n) is 5.94. The predicted molar refractivity (Wildman–Crippen MR) is 209 cm³/mol. The maximum atomic E-state index is 12.6. The number of carbonyl (C=O) groups excluding carboxylic acids is 4. The number of aliphatic carboxylic acids is 1. The molecule has 1 aliphatic rings. The van der Waals surface area contributed by atoms with Crippen molar-refractivity contribution >= 4 is 75.1 Å². The fourth-order valence-corrected chi connectivity index (χ4v) is 9.40. The molecule has 1 saturated heterocycles. The summed E-state index contributed by atoms with van der Waals surface area (Å²) < 4.78 is 60.6. The highest BCUT2D eigenvalue weighted by molar-refractivity contribution is 8.13. The number of aliphatic hydroxyl groups is 2. The van der Waals surface area contributed by atoms with E-state index in [1.807, 2.05) is 0 Å². The molecule has 3 rings (SSSR count). The van der Waals surface area contributed by atoms with Gasteiger partial charge in [-0.1, -0.05) is 64.1 Å². The summed E-state index contributed by atoms with van der Waals surface area (Å²) in [6.07, 6.45) is -0.102. The number of ether oxygens (including phenoxy) is 1. The van der Waals surface area contributed by atoms with Gasteiger partial charge in [0.25, 0.3) is 15.6 Å². The summed E-state index contributed by atoms with van der Waals surface area (Å²) in [5, 5.41) is 36.7. The van der Waals surface area contributed by atoms with E-state index in [0.717, 1.165) is 73.9 Å². The number of phosphoric acid groups is 3. The summed E-state index contributed by atoms with van der Waals surface area (Å²) >= 11 is 1.09. The van der Waals surface area contributed by atoms with Crippen molar-refractivity contribution in [3.8, 4) is 0 Å². The minimum atomic E-state index is -5.93.